The van der Waals surface area contributed by atoms with Gasteiger partial charge in [-0.05, 0) is 57.5 Å². The summed E-state index contributed by atoms with van der Waals surface area (Å²) in [6.07, 6.45) is -0.864. The molecule has 0 saturated carbocycles. The molecule has 0 radical (unpaired) electrons. The molecule has 24 heavy (non-hydrogen) atoms. The van der Waals surface area contributed by atoms with E-state index >= 15 is 0 Å². The van der Waals surface area contributed by atoms with Gasteiger partial charge in [0.05, 0.1) is 23.0 Å². The second kappa shape index (κ2) is 7.25. The molecule has 7 heteroatoms. The van der Waals surface area contributed by atoms with Crippen LogP contribution in [-0.2, 0) is 9.47 Å². The molecule has 2 aromatic rings. The van der Waals surface area contributed by atoms with E-state index in [0.717, 1.165) is 5.56 Å². The summed E-state index contributed by atoms with van der Waals surface area (Å²) >= 11 is 0. The maximum absolute atomic E-state index is 13.4. The highest BCUT2D eigenvalue weighted by molar-refractivity contribution is 5.95. The summed E-state index contributed by atoms with van der Waals surface area (Å²) in [7, 11) is 0. The van der Waals surface area contributed by atoms with Crippen molar-refractivity contribution in [2.75, 3.05) is 0 Å². The summed E-state index contributed by atoms with van der Waals surface area (Å²) in [6.45, 7) is 6.51. The molecule has 0 aliphatic carbocycles. The zero-order chi connectivity index (χ0) is 17.9. The Labute approximate surface area is 139 Å². The number of carbonyl (C=O) groups excluding carboxylic acids is 2. The number of aryl methyl sites for hydroxylation is 1. The molecule has 0 bridgehead atoms. The van der Waals surface area contributed by atoms with E-state index in [-0.39, 0.29) is 11.7 Å². The Balaban J connectivity index is 2.11. The number of alkyl halides is 1. The van der Waals surface area contributed by atoms with E-state index in [0.29, 0.717) is 11.4 Å². The van der Waals surface area contributed by atoms with E-state index in [4.69, 9.17) is 4.74 Å². The first kappa shape index (κ1) is 17.7. The molecule has 0 spiro atoms. The second-order valence-electron chi connectivity index (χ2n) is 5.61. The zero-order valence-electron chi connectivity index (χ0n) is 13.9. The minimum Gasteiger partial charge on any atom is -0.431 e. The van der Waals surface area contributed by atoms with Crippen LogP contribution in [0, 0.1) is 6.92 Å². The van der Waals surface area contributed by atoms with Gasteiger partial charge in [0.1, 0.15) is 6.17 Å². The van der Waals surface area contributed by atoms with Crippen molar-refractivity contribution in [3.63, 3.8) is 0 Å². The van der Waals surface area contributed by atoms with Gasteiger partial charge in [0.2, 0.25) is 0 Å². The molecule has 0 aliphatic heterocycles. The van der Waals surface area contributed by atoms with E-state index in [1.807, 2.05) is 0 Å². The maximum Gasteiger partial charge on any atom is 0.516 e. The van der Waals surface area contributed by atoms with Crippen molar-refractivity contribution in [3.05, 3.63) is 47.3 Å². The fraction of sp³-hybridized carbons (Fsp3) is 0.353. The van der Waals surface area contributed by atoms with Gasteiger partial charge in [-0.3, -0.25) is 0 Å². The van der Waals surface area contributed by atoms with Gasteiger partial charge in [-0.2, -0.15) is 5.10 Å². The van der Waals surface area contributed by atoms with Crippen LogP contribution in [0.2, 0.25) is 0 Å². The molecule has 1 unspecified atom stereocenters. The lowest BCUT2D eigenvalue weighted by molar-refractivity contribution is 0.0283. The largest absolute Gasteiger partial charge is 0.516 e. The molecule has 0 N–H and O–H groups in total. The Morgan fingerprint density at radius 2 is 1.79 bits per heavy atom. The van der Waals surface area contributed by atoms with Crippen molar-refractivity contribution >= 4 is 12.1 Å². The fourth-order valence-electron chi connectivity index (χ4n) is 2.10. The maximum atomic E-state index is 13.4. The van der Waals surface area contributed by atoms with Crippen LogP contribution >= 0.6 is 0 Å². The van der Waals surface area contributed by atoms with Crippen molar-refractivity contribution in [3.8, 4) is 5.69 Å². The van der Waals surface area contributed by atoms with Gasteiger partial charge in [-0.15, -0.1) is 0 Å². The summed E-state index contributed by atoms with van der Waals surface area (Å²) in [5.74, 6) is -0.804. The lowest BCUT2D eigenvalue weighted by atomic mass is 10.2. The number of halogens is 1. The van der Waals surface area contributed by atoms with Crippen molar-refractivity contribution in [2.24, 2.45) is 0 Å². The van der Waals surface area contributed by atoms with Crippen molar-refractivity contribution < 1.29 is 23.5 Å². The Morgan fingerprint density at radius 3 is 2.29 bits per heavy atom. The third-order valence-electron chi connectivity index (χ3n) is 3.19. The van der Waals surface area contributed by atoms with E-state index in [1.165, 1.54) is 23.7 Å². The second-order valence-corrected chi connectivity index (χ2v) is 5.61. The van der Waals surface area contributed by atoms with Gasteiger partial charge in [-0.25, -0.2) is 18.7 Å². The van der Waals surface area contributed by atoms with Crippen LogP contribution in [0.25, 0.3) is 5.69 Å². The number of hydrogen-bond donors (Lipinski definition) is 0. The average Bonchev–Trinajstić information content (AvgIpc) is 2.88. The average molecular weight is 334 g/mol. The van der Waals surface area contributed by atoms with Crippen LogP contribution in [0.5, 0.6) is 0 Å². The van der Waals surface area contributed by atoms with E-state index < -0.39 is 18.3 Å². The number of esters is 1. The van der Waals surface area contributed by atoms with Gasteiger partial charge >= 0.3 is 12.1 Å². The van der Waals surface area contributed by atoms with Crippen molar-refractivity contribution in [1.82, 2.24) is 9.78 Å². The lowest BCUT2D eigenvalue weighted by Gasteiger charge is -2.07. The third kappa shape index (κ3) is 4.18. The zero-order valence-corrected chi connectivity index (χ0v) is 13.9. The predicted molar refractivity (Wildman–Crippen MR) is 84.9 cm³/mol. The standard InChI is InChI=1S/C17H19FN2O4/c1-10(2)23-17(22)24-16(21)13-5-7-14(8-6-13)20-9-11(3)15(19-20)12(4)18/h5-10,12H,1-4H3. The van der Waals surface area contributed by atoms with E-state index in [9.17, 15) is 14.0 Å². The number of aromatic nitrogens is 2. The van der Waals surface area contributed by atoms with Gasteiger partial charge in [0.25, 0.3) is 0 Å². The normalized spacial score (nSPS) is 12.1. The molecule has 0 saturated heterocycles. The predicted octanol–water partition coefficient (Wildman–Crippen LogP) is 3.91. The molecule has 6 nitrogen and oxygen atoms in total. The molecular formula is C17H19FN2O4. The molecule has 128 valence electrons. The number of rotatable bonds is 4. The minimum atomic E-state index is -1.16. The quantitative estimate of drug-likeness (QED) is 0.626. The molecule has 1 heterocycles. The van der Waals surface area contributed by atoms with Crippen molar-refractivity contribution in [1.29, 1.82) is 0 Å². The number of benzene rings is 1. The highest BCUT2D eigenvalue weighted by atomic mass is 19.1. The van der Waals surface area contributed by atoms with E-state index in [2.05, 4.69) is 9.84 Å². The highest BCUT2D eigenvalue weighted by Gasteiger charge is 2.16. The van der Waals surface area contributed by atoms with E-state index in [1.54, 1.807) is 39.1 Å². The van der Waals surface area contributed by atoms with Crippen LogP contribution in [0.3, 0.4) is 0 Å². The highest BCUT2D eigenvalue weighted by Crippen LogP contribution is 2.20. The number of nitrogens with zero attached hydrogens (tertiary/aromatic N) is 2. The third-order valence-corrected chi connectivity index (χ3v) is 3.19. The topological polar surface area (TPSA) is 70.4 Å². The van der Waals surface area contributed by atoms with Crippen LogP contribution in [-0.4, -0.2) is 28.0 Å². The smallest absolute Gasteiger partial charge is 0.431 e. The fourth-order valence-corrected chi connectivity index (χ4v) is 2.10. The van der Waals surface area contributed by atoms with Crippen LogP contribution < -0.4 is 0 Å². The van der Waals surface area contributed by atoms with Gasteiger partial charge < -0.3 is 9.47 Å². The summed E-state index contributed by atoms with van der Waals surface area (Å²) in [5.41, 5.74) is 1.97. The molecule has 1 atom stereocenters. The summed E-state index contributed by atoms with van der Waals surface area (Å²) in [4.78, 5) is 23.2. The monoisotopic (exact) mass is 334 g/mol. The SMILES string of the molecule is Cc1cn(-c2ccc(C(=O)OC(=O)OC(C)C)cc2)nc1C(C)F. The van der Waals surface area contributed by atoms with Gasteiger partial charge in [-0.1, -0.05) is 0 Å². The Morgan fingerprint density at radius 1 is 1.17 bits per heavy atom. The van der Waals surface area contributed by atoms with Crippen LogP contribution in [0.15, 0.2) is 30.5 Å². The molecule has 2 rings (SSSR count). The minimum absolute atomic E-state index is 0.197. The summed E-state index contributed by atoms with van der Waals surface area (Å²) in [6, 6.07) is 6.25. The summed E-state index contributed by atoms with van der Waals surface area (Å²) in [5, 5.41) is 4.19. The lowest BCUT2D eigenvalue weighted by Crippen LogP contribution is -2.17. The van der Waals surface area contributed by atoms with Crippen LogP contribution in [0.1, 0.15) is 48.6 Å². The van der Waals surface area contributed by atoms with Gasteiger partial charge in [0, 0.05) is 6.20 Å². The number of ether oxygens (including phenoxy) is 2. The molecule has 0 aliphatic rings. The Bertz CT molecular complexity index is 736. The number of carbonyl (C=O) groups is 2. The molecule has 0 fully saturated rings. The summed E-state index contributed by atoms with van der Waals surface area (Å²) < 4.78 is 24.3. The molecule has 1 aromatic carbocycles. The number of hydrogen-bond acceptors (Lipinski definition) is 5. The Kier molecular flexibility index (Phi) is 5.33. The van der Waals surface area contributed by atoms with Crippen molar-refractivity contribution in [2.45, 2.75) is 40.0 Å². The molecule has 1 aromatic heterocycles. The first-order valence-corrected chi connectivity index (χ1v) is 7.51. The van der Waals surface area contributed by atoms with Crippen LogP contribution in [0.4, 0.5) is 9.18 Å². The first-order valence-electron chi connectivity index (χ1n) is 7.51. The molecule has 0 amide bonds. The Hall–Kier alpha value is -2.70. The van der Waals surface area contributed by atoms with Gasteiger partial charge in [0.15, 0.2) is 0 Å². The first-order chi connectivity index (χ1) is 11.3. The molecular weight excluding hydrogens is 315 g/mol.